The Morgan fingerprint density at radius 2 is 1.83 bits per heavy atom. The first-order valence-electron chi connectivity index (χ1n) is 8.92. The van der Waals surface area contributed by atoms with E-state index in [-0.39, 0.29) is 5.56 Å². The Bertz CT molecular complexity index is 1370. The molecule has 0 fully saturated rings. The van der Waals surface area contributed by atoms with Crippen molar-refractivity contribution in [2.75, 3.05) is 0 Å². The van der Waals surface area contributed by atoms with Gasteiger partial charge in [-0.1, -0.05) is 58.4 Å². The molecule has 0 aliphatic rings. The third kappa shape index (κ3) is 3.69. The molecule has 0 saturated heterocycles. The fourth-order valence-corrected chi connectivity index (χ4v) is 5.33. The monoisotopic (exact) mass is 479 g/mol. The summed E-state index contributed by atoms with van der Waals surface area (Å²) in [5, 5.41) is 3.58. The van der Waals surface area contributed by atoms with Gasteiger partial charge in [0.25, 0.3) is 5.56 Å². The maximum atomic E-state index is 13.0. The quantitative estimate of drug-likeness (QED) is 0.314. The first kappa shape index (κ1) is 18.4. The van der Waals surface area contributed by atoms with Crippen LogP contribution in [0.25, 0.3) is 31.2 Å². The maximum absolute atomic E-state index is 13.0. The van der Waals surface area contributed by atoms with E-state index in [2.05, 4.69) is 20.9 Å². The molecule has 3 aromatic heterocycles. The highest BCUT2D eigenvalue weighted by molar-refractivity contribution is 9.10. The van der Waals surface area contributed by atoms with Crippen LogP contribution in [-0.2, 0) is 6.54 Å². The van der Waals surface area contributed by atoms with Crippen molar-refractivity contribution in [3.8, 4) is 21.0 Å². The number of thiophene rings is 1. The van der Waals surface area contributed by atoms with Gasteiger partial charge in [0.15, 0.2) is 0 Å². The highest BCUT2D eigenvalue weighted by atomic mass is 79.9. The van der Waals surface area contributed by atoms with E-state index in [0.29, 0.717) is 11.9 Å². The van der Waals surface area contributed by atoms with E-state index in [4.69, 9.17) is 4.98 Å². The molecule has 0 N–H and O–H groups in total. The number of thiazole rings is 1. The van der Waals surface area contributed by atoms with Gasteiger partial charge in [-0.25, -0.2) is 9.97 Å². The van der Waals surface area contributed by atoms with Crippen LogP contribution in [0.15, 0.2) is 81.6 Å². The lowest BCUT2D eigenvalue weighted by atomic mass is 10.2. The van der Waals surface area contributed by atoms with E-state index in [9.17, 15) is 4.79 Å². The van der Waals surface area contributed by atoms with Gasteiger partial charge in [0, 0.05) is 20.3 Å². The molecular weight excluding hydrogens is 466 g/mol. The summed E-state index contributed by atoms with van der Waals surface area (Å²) < 4.78 is 2.65. The normalized spacial score (nSPS) is 11.2. The second-order valence-electron chi connectivity index (χ2n) is 6.53. The zero-order chi connectivity index (χ0) is 19.8. The van der Waals surface area contributed by atoms with Crippen molar-refractivity contribution < 1.29 is 0 Å². The lowest BCUT2D eigenvalue weighted by molar-refractivity contribution is 0.735. The van der Waals surface area contributed by atoms with Crippen LogP contribution in [0, 0.1) is 0 Å². The number of hydrogen-bond donors (Lipinski definition) is 0. The molecule has 0 atom stereocenters. The number of halogens is 1. The van der Waals surface area contributed by atoms with Crippen LogP contribution in [-0.4, -0.2) is 14.5 Å². The molecule has 2 aromatic carbocycles. The molecule has 7 heteroatoms. The van der Waals surface area contributed by atoms with E-state index in [1.807, 2.05) is 66.0 Å². The molecule has 5 rings (SSSR count). The van der Waals surface area contributed by atoms with Crippen LogP contribution in [0.2, 0.25) is 0 Å². The highest BCUT2D eigenvalue weighted by Crippen LogP contribution is 2.31. The summed E-state index contributed by atoms with van der Waals surface area (Å²) in [5.74, 6) is 0. The molecule has 0 bridgehead atoms. The minimum atomic E-state index is -0.0366. The van der Waals surface area contributed by atoms with Crippen LogP contribution in [0.3, 0.4) is 0 Å². The number of rotatable bonds is 4. The first-order chi connectivity index (χ1) is 14.2. The van der Waals surface area contributed by atoms with Gasteiger partial charge in [0.2, 0.25) is 0 Å². The van der Waals surface area contributed by atoms with Gasteiger partial charge in [-0.05, 0) is 23.8 Å². The van der Waals surface area contributed by atoms with Gasteiger partial charge in [-0.3, -0.25) is 9.36 Å². The Labute approximate surface area is 183 Å². The largest absolute Gasteiger partial charge is 0.293 e. The molecule has 4 nitrogen and oxygen atoms in total. The van der Waals surface area contributed by atoms with E-state index >= 15 is 0 Å². The van der Waals surface area contributed by atoms with Gasteiger partial charge in [-0.2, -0.15) is 0 Å². The van der Waals surface area contributed by atoms with Crippen LogP contribution in [0.5, 0.6) is 0 Å². The number of aromatic nitrogens is 3. The van der Waals surface area contributed by atoms with E-state index in [0.717, 1.165) is 36.0 Å². The molecule has 0 aliphatic heterocycles. The summed E-state index contributed by atoms with van der Waals surface area (Å²) in [6, 6.07) is 20.1. The summed E-state index contributed by atoms with van der Waals surface area (Å²) in [6.07, 6.45) is 1.62. The van der Waals surface area contributed by atoms with E-state index in [1.54, 1.807) is 22.2 Å². The lowest BCUT2D eigenvalue weighted by Gasteiger charge is -2.02. The Kier molecular flexibility index (Phi) is 4.87. The molecule has 0 aliphatic carbocycles. The number of fused-ring (bicyclic) bond motifs is 1. The molecule has 0 amide bonds. The van der Waals surface area contributed by atoms with Crippen molar-refractivity contribution in [1.82, 2.24) is 14.5 Å². The van der Waals surface area contributed by atoms with Gasteiger partial charge in [0.1, 0.15) is 9.84 Å². The second-order valence-corrected chi connectivity index (χ2v) is 9.33. The van der Waals surface area contributed by atoms with Gasteiger partial charge in [0.05, 0.1) is 24.0 Å². The van der Waals surface area contributed by atoms with Gasteiger partial charge < -0.3 is 0 Å². The van der Waals surface area contributed by atoms with Crippen molar-refractivity contribution in [3.05, 3.63) is 92.9 Å². The fourth-order valence-electron chi connectivity index (χ4n) is 3.13. The molecule has 5 aromatic rings. The highest BCUT2D eigenvalue weighted by Gasteiger charge is 2.12. The smallest absolute Gasteiger partial charge is 0.262 e. The van der Waals surface area contributed by atoms with Crippen LogP contribution < -0.4 is 5.56 Å². The van der Waals surface area contributed by atoms with Crippen molar-refractivity contribution in [3.63, 3.8) is 0 Å². The van der Waals surface area contributed by atoms with Crippen molar-refractivity contribution in [2.45, 2.75) is 6.54 Å². The van der Waals surface area contributed by atoms with Crippen LogP contribution in [0.4, 0.5) is 0 Å². The summed E-state index contributed by atoms with van der Waals surface area (Å²) in [5.41, 5.74) is 2.97. The summed E-state index contributed by atoms with van der Waals surface area (Å²) in [6.45, 7) is 0.406. The van der Waals surface area contributed by atoms with Crippen LogP contribution >= 0.6 is 38.6 Å². The third-order valence-corrected chi connectivity index (χ3v) is 7.06. The molecule has 3 heterocycles. The molecular formula is C22H14BrN3OS2. The lowest BCUT2D eigenvalue weighted by Crippen LogP contribution is -2.20. The van der Waals surface area contributed by atoms with Gasteiger partial charge >= 0.3 is 0 Å². The van der Waals surface area contributed by atoms with Gasteiger partial charge in [-0.15, -0.1) is 22.7 Å². The average molecular weight is 480 g/mol. The second kappa shape index (κ2) is 7.67. The molecule has 0 saturated carbocycles. The first-order valence-corrected chi connectivity index (χ1v) is 11.4. The maximum Gasteiger partial charge on any atom is 0.262 e. The average Bonchev–Trinajstić information content (AvgIpc) is 3.39. The third-order valence-electron chi connectivity index (χ3n) is 4.53. The Balaban J connectivity index is 1.47. The predicted octanol–water partition coefficient (Wildman–Crippen LogP) is 6.06. The van der Waals surface area contributed by atoms with Crippen molar-refractivity contribution >= 4 is 48.8 Å². The summed E-state index contributed by atoms with van der Waals surface area (Å²) in [7, 11) is 0. The predicted molar refractivity (Wildman–Crippen MR) is 124 cm³/mol. The number of hydrogen-bond acceptors (Lipinski definition) is 5. The number of nitrogens with zero attached hydrogens (tertiary/aromatic N) is 3. The Morgan fingerprint density at radius 1 is 1.00 bits per heavy atom. The van der Waals surface area contributed by atoms with E-state index in [1.165, 1.54) is 11.3 Å². The van der Waals surface area contributed by atoms with E-state index < -0.39 is 0 Å². The summed E-state index contributed by atoms with van der Waals surface area (Å²) in [4.78, 5) is 24.0. The minimum absolute atomic E-state index is 0.0366. The Hall–Kier alpha value is -2.61. The zero-order valence-electron chi connectivity index (χ0n) is 15.1. The SMILES string of the molecule is O=c1c2cc(-c3ccccc3)sc2ncn1Cc1csc(-c2cccc(Br)c2)n1. The van der Waals surface area contributed by atoms with Crippen LogP contribution in [0.1, 0.15) is 5.69 Å². The topological polar surface area (TPSA) is 47.8 Å². The minimum Gasteiger partial charge on any atom is -0.293 e. The Morgan fingerprint density at radius 3 is 2.66 bits per heavy atom. The zero-order valence-corrected chi connectivity index (χ0v) is 18.3. The standard InChI is InChI=1S/C22H14BrN3OS2/c23-16-8-4-7-15(9-16)20-25-17(12-28-20)11-26-13-24-21-18(22(26)27)10-19(29-21)14-5-2-1-3-6-14/h1-10,12-13H,11H2. The van der Waals surface area contributed by atoms with Crippen molar-refractivity contribution in [1.29, 1.82) is 0 Å². The molecule has 142 valence electrons. The molecule has 0 radical (unpaired) electrons. The fraction of sp³-hybridized carbons (Fsp3) is 0.0455. The molecule has 0 spiro atoms. The summed E-state index contributed by atoms with van der Waals surface area (Å²) >= 11 is 6.61. The molecule has 29 heavy (non-hydrogen) atoms. The number of benzene rings is 2. The molecule has 0 unspecified atom stereocenters. The van der Waals surface area contributed by atoms with Crippen molar-refractivity contribution in [2.24, 2.45) is 0 Å².